The summed E-state index contributed by atoms with van der Waals surface area (Å²) in [5.74, 6) is 0. The zero-order valence-electron chi connectivity index (χ0n) is 17.1. The van der Waals surface area contributed by atoms with Gasteiger partial charge in [0.05, 0.1) is 4.92 Å². The summed E-state index contributed by atoms with van der Waals surface area (Å²) in [5, 5.41) is 10.7. The summed E-state index contributed by atoms with van der Waals surface area (Å²) < 4.78 is 0. The van der Waals surface area contributed by atoms with E-state index in [0.717, 1.165) is 12.8 Å². The van der Waals surface area contributed by atoms with Gasteiger partial charge < -0.3 is 4.90 Å². The predicted octanol–water partition coefficient (Wildman–Crippen LogP) is 6.38. The molecule has 1 unspecified atom stereocenters. The molecule has 0 amide bonds. The molecule has 0 bridgehead atoms. The van der Waals surface area contributed by atoms with Gasteiger partial charge in [0.1, 0.15) is 0 Å². The van der Waals surface area contributed by atoms with Crippen molar-refractivity contribution < 1.29 is 4.92 Å². The highest BCUT2D eigenvalue weighted by atomic mass is 16.6. The summed E-state index contributed by atoms with van der Waals surface area (Å²) in [5.41, 5.74) is 1.37. The number of benzene rings is 1. The highest BCUT2D eigenvalue weighted by Gasteiger charge is 2.13. The average molecular weight is 363 g/mol. The molecule has 0 aliphatic rings. The maximum absolute atomic E-state index is 10.7. The Morgan fingerprint density at radius 1 is 0.923 bits per heavy atom. The Bertz CT molecular complexity index is 487. The number of aryl methyl sites for hydroxylation is 1. The second kappa shape index (κ2) is 13.7. The van der Waals surface area contributed by atoms with Crippen LogP contribution >= 0.6 is 0 Å². The van der Waals surface area contributed by atoms with Crippen molar-refractivity contribution in [2.75, 3.05) is 13.1 Å². The van der Waals surface area contributed by atoms with E-state index < -0.39 is 0 Å². The van der Waals surface area contributed by atoms with Gasteiger partial charge in [0.2, 0.25) is 0 Å². The largest absolute Gasteiger partial charge is 0.301 e. The second-order valence-corrected chi connectivity index (χ2v) is 7.47. The van der Waals surface area contributed by atoms with Gasteiger partial charge in [-0.25, -0.2) is 0 Å². The number of unbranched alkanes of at least 4 members (excludes halogenated alkanes) is 5. The molecule has 148 valence electrons. The molecule has 1 aromatic carbocycles. The lowest BCUT2D eigenvalue weighted by Gasteiger charge is -2.29. The average Bonchev–Trinajstić information content (AvgIpc) is 2.64. The van der Waals surface area contributed by atoms with Gasteiger partial charge >= 0.3 is 0 Å². The minimum Gasteiger partial charge on any atom is -0.301 e. The van der Waals surface area contributed by atoms with Crippen LogP contribution in [0.3, 0.4) is 0 Å². The zero-order chi connectivity index (χ0) is 19.2. The van der Waals surface area contributed by atoms with Crippen LogP contribution in [0, 0.1) is 10.1 Å². The molecule has 1 rings (SSSR count). The summed E-state index contributed by atoms with van der Waals surface area (Å²) >= 11 is 0. The van der Waals surface area contributed by atoms with Crippen molar-refractivity contribution in [3.8, 4) is 0 Å². The molecular formula is C22H38N2O2. The van der Waals surface area contributed by atoms with Crippen LogP contribution in [0.15, 0.2) is 24.3 Å². The topological polar surface area (TPSA) is 46.4 Å². The summed E-state index contributed by atoms with van der Waals surface area (Å²) in [6.07, 6.45) is 12.6. The van der Waals surface area contributed by atoms with Crippen molar-refractivity contribution in [1.82, 2.24) is 4.90 Å². The molecule has 1 aromatic rings. The van der Waals surface area contributed by atoms with Crippen molar-refractivity contribution >= 4 is 5.69 Å². The first-order valence-corrected chi connectivity index (χ1v) is 10.6. The van der Waals surface area contributed by atoms with Gasteiger partial charge in [-0.3, -0.25) is 10.1 Å². The molecule has 0 N–H and O–H groups in total. The van der Waals surface area contributed by atoms with Gasteiger partial charge in [-0.15, -0.1) is 0 Å². The van der Waals surface area contributed by atoms with Crippen LogP contribution in [0.25, 0.3) is 0 Å². The number of nitro groups is 1. The van der Waals surface area contributed by atoms with E-state index in [4.69, 9.17) is 0 Å². The van der Waals surface area contributed by atoms with Crippen molar-refractivity contribution in [2.24, 2.45) is 0 Å². The van der Waals surface area contributed by atoms with Crippen LogP contribution in [0.5, 0.6) is 0 Å². The molecule has 0 saturated carbocycles. The predicted molar refractivity (Wildman–Crippen MR) is 111 cm³/mol. The van der Waals surface area contributed by atoms with Crippen molar-refractivity contribution in [3.63, 3.8) is 0 Å². The van der Waals surface area contributed by atoms with Gasteiger partial charge in [0.15, 0.2) is 0 Å². The van der Waals surface area contributed by atoms with Crippen LogP contribution in [-0.4, -0.2) is 29.0 Å². The van der Waals surface area contributed by atoms with Gasteiger partial charge in [-0.1, -0.05) is 58.1 Å². The van der Waals surface area contributed by atoms with E-state index in [1.54, 1.807) is 12.1 Å². The van der Waals surface area contributed by atoms with E-state index in [0.29, 0.717) is 6.04 Å². The molecule has 0 saturated heterocycles. The van der Waals surface area contributed by atoms with E-state index >= 15 is 0 Å². The lowest BCUT2D eigenvalue weighted by Crippen LogP contribution is -2.35. The Balaban J connectivity index is 2.36. The normalized spacial score (nSPS) is 12.5. The van der Waals surface area contributed by atoms with E-state index in [1.807, 2.05) is 12.1 Å². The summed E-state index contributed by atoms with van der Waals surface area (Å²) in [6.45, 7) is 9.32. The van der Waals surface area contributed by atoms with E-state index in [2.05, 4.69) is 25.7 Å². The van der Waals surface area contributed by atoms with Crippen molar-refractivity contribution in [3.05, 3.63) is 39.9 Å². The van der Waals surface area contributed by atoms with Crippen molar-refractivity contribution in [1.29, 1.82) is 0 Å². The molecule has 0 spiro atoms. The summed E-state index contributed by atoms with van der Waals surface area (Å²) in [7, 11) is 0. The molecule has 1 atom stereocenters. The third-order valence-electron chi connectivity index (χ3n) is 5.21. The fourth-order valence-corrected chi connectivity index (χ4v) is 3.40. The SMILES string of the molecule is CCCCCCCN(CCCC)C(C)CCCc1ccc([N+](=O)[O-])cc1. The zero-order valence-corrected chi connectivity index (χ0v) is 17.1. The maximum atomic E-state index is 10.7. The van der Waals surface area contributed by atoms with Gasteiger partial charge in [-0.05, 0) is 57.7 Å². The molecule has 0 heterocycles. The van der Waals surface area contributed by atoms with Crippen molar-refractivity contribution in [2.45, 2.75) is 91.0 Å². The molecule has 26 heavy (non-hydrogen) atoms. The molecule has 4 heteroatoms. The summed E-state index contributed by atoms with van der Waals surface area (Å²) in [4.78, 5) is 13.1. The Hall–Kier alpha value is -1.42. The Labute approximate surface area is 160 Å². The third-order valence-corrected chi connectivity index (χ3v) is 5.21. The molecule has 0 radical (unpaired) electrons. The highest BCUT2D eigenvalue weighted by molar-refractivity contribution is 5.32. The fraction of sp³-hybridized carbons (Fsp3) is 0.727. The second-order valence-electron chi connectivity index (χ2n) is 7.47. The molecule has 0 aromatic heterocycles. The Morgan fingerprint density at radius 2 is 1.54 bits per heavy atom. The third kappa shape index (κ3) is 9.33. The van der Waals surface area contributed by atoms with E-state index in [-0.39, 0.29) is 10.6 Å². The van der Waals surface area contributed by atoms with Gasteiger partial charge in [-0.2, -0.15) is 0 Å². The summed E-state index contributed by atoms with van der Waals surface area (Å²) in [6, 6.07) is 7.63. The number of rotatable bonds is 15. The number of nitrogens with zero attached hydrogens (tertiary/aromatic N) is 2. The lowest BCUT2D eigenvalue weighted by atomic mass is 10.0. The highest BCUT2D eigenvalue weighted by Crippen LogP contribution is 2.16. The Morgan fingerprint density at radius 3 is 2.15 bits per heavy atom. The number of hydrogen-bond donors (Lipinski definition) is 0. The first-order valence-electron chi connectivity index (χ1n) is 10.6. The monoisotopic (exact) mass is 362 g/mol. The number of hydrogen-bond acceptors (Lipinski definition) is 3. The lowest BCUT2D eigenvalue weighted by molar-refractivity contribution is -0.384. The molecule has 0 fully saturated rings. The van der Waals surface area contributed by atoms with Crippen LogP contribution in [0.4, 0.5) is 5.69 Å². The number of nitro benzene ring substituents is 1. The van der Waals surface area contributed by atoms with Crippen LogP contribution < -0.4 is 0 Å². The van der Waals surface area contributed by atoms with Gasteiger partial charge in [0, 0.05) is 18.2 Å². The fourth-order valence-electron chi connectivity index (χ4n) is 3.40. The Kier molecular flexibility index (Phi) is 12.0. The minimum absolute atomic E-state index is 0.177. The standard InChI is InChI=1S/C22H38N2O2/c1-4-6-8-9-10-19-23(18-7-5-2)20(3)12-11-13-21-14-16-22(17-15-21)24(25)26/h14-17,20H,4-13,18-19H2,1-3H3. The minimum atomic E-state index is -0.335. The maximum Gasteiger partial charge on any atom is 0.269 e. The quantitative estimate of drug-likeness (QED) is 0.207. The van der Waals surface area contributed by atoms with Crippen LogP contribution in [0.1, 0.15) is 84.1 Å². The van der Waals surface area contributed by atoms with E-state index in [1.165, 1.54) is 70.0 Å². The molecule has 0 aliphatic carbocycles. The van der Waals surface area contributed by atoms with E-state index in [9.17, 15) is 10.1 Å². The smallest absolute Gasteiger partial charge is 0.269 e. The molecule has 0 aliphatic heterocycles. The van der Waals surface area contributed by atoms with Gasteiger partial charge in [0.25, 0.3) is 5.69 Å². The molecular weight excluding hydrogens is 324 g/mol. The number of non-ortho nitro benzene ring substituents is 1. The first kappa shape index (κ1) is 22.6. The first-order chi connectivity index (χ1) is 12.6. The van der Waals surface area contributed by atoms with Crippen LogP contribution in [-0.2, 0) is 6.42 Å². The molecule has 4 nitrogen and oxygen atoms in total. The van der Waals surface area contributed by atoms with Crippen LogP contribution in [0.2, 0.25) is 0 Å².